The predicted molar refractivity (Wildman–Crippen MR) is 65.6 cm³/mol. The SMILES string of the molecule is COC(=O)c1cnc(NCC2CCCO2)nc1C. The molecule has 6 nitrogen and oxygen atoms in total. The van der Waals surface area contributed by atoms with Crippen molar-refractivity contribution in [2.75, 3.05) is 25.6 Å². The number of aryl methyl sites for hydroxylation is 1. The van der Waals surface area contributed by atoms with Gasteiger partial charge in [-0.05, 0) is 19.8 Å². The van der Waals surface area contributed by atoms with Crippen LogP contribution in [0.25, 0.3) is 0 Å². The quantitative estimate of drug-likeness (QED) is 0.809. The first-order chi connectivity index (χ1) is 8.70. The van der Waals surface area contributed by atoms with Gasteiger partial charge in [-0.2, -0.15) is 0 Å². The lowest BCUT2D eigenvalue weighted by molar-refractivity contribution is 0.0599. The number of nitrogens with one attached hydrogen (secondary N) is 1. The number of anilines is 1. The third kappa shape index (κ3) is 2.95. The minimum absolute atomic E-state index is 0.231. The highest BCUT2D eigenvalue weighted by Gasteiger charge is 2.16. The molecule has 0 radical (unpaired) electrons. The number of ether oxygens (including phenoxy) is 2. The second-order valence-corrected chi connectivity index (χ2v) is 4.20. The Morgan fingerprint density at radius 2 is 2.50 bits per heavy atom. The summed E-state index contributed by atoms with van der Waals surface area (Å²) in [5.41, 5.74) is 0.992. The van der Waals surface area contributed by atoms with Gasteiger partial charge < -0.3 is 14.8 Å². The highest BCUT2D eigenvalue weighted by atomic mass is 16.5. The van der Waals surface area contributed by atoms with Gasteiger partial charge in [0.15, 0.2) is 0 Å². The summed E-state index contributed by atoms with van der Waals surface area (Å²) >= 11 is 0. The summed E-state index contributed by atoms with van der Waals surface area (Å²) in [6, 6.07) is 0. The molecule has 2 heterocycles. The van der Waals surface area contributed by atoms with E-state index in [1.807, 2.05) is 0 Å². The van der Waals surface area contributed by atoms with E-state index >= 15 is 0 Å². The Morgan fingerprint density at radius 1 is 1.67 bits per heavy atom. The lowest BCUT2D eigenvalue weighted by Crippen LogP contribution is -2.20. The van der Waals surface area contributed by atoms with Gasteiger partial charge in [0.1, 0.15) is 0 Å². The minimum Gasteiger partial charge on any atom is -0.465 e. The zero-order chi connectivity index (χ0) is 13.0. The predicted octanol–water partition coefficient (Wildman–Crippen LogP) is 1.16. The van der Waals surface area contributed by atoms with E-state index in [0.717, 1.165) is 19.4 Å². The number of nitrogens with zero attached hydrogens (tertiary/aromatic N) is 2. The van der Waals surface area contributed by atoms with Gasteiger partial charge in [-0.1, -0.05) is 0 Å². The van der Waals surface area contributed by atoms with E-state index in [2.05, 4.69) is 20.0 Å². The molecule has 6 heteroatoms. The molecule has 1 aliphatic rings. The van der Waals surface area contributed by atoms with Crippen molar-refractivity contribution < 1.29 is 14.3 Å². The second-order valence-electron chi connectivity index (χ2n) is 4.20. The maximum atomic E-state index is 11.4. The molecule has 1 unspecified atom stereocenters. The van der Waals surface area contributed by atoms with Crippen LogP contribution in [0.3, 0.4) is 0 Å². The summed E-state index contributed by atoms with van der Waals surface area (Å²) in [7, 11) is 1.34. The zero-order valence-electron chi connectivity index (χ0n) is 10.6. The third-order valence-electron chi connectivity index (χ3n) is 2.90. The summed E-state index contributed by atoms with van der Waals surface area (Å²) < 4.78 is 10.1. The number of esters is 1. The number of hydrogen-bond donors (Lipinski definition) is 1. The lowest BCUT2D eigenvalue weighted by atomic mass is 10.2. The zero-order valence-corrected chi connectivity index (χ0v) is 10.6. The van der Waals surface area contributed by atoms with E-state index in [9.17, 15) is 4.79 Å². The maximum absolute atomic E-state index is 11.4. The van der Waals surface area contributed by atoms with Crippen molar-refractivity contribution in [2.45, 2.75) is 25.9 Å². The van der Waals surface area contributed by atoms with Gasteiger partial charge in [0.25, 0.3) is 0 Å². The van der Waals surface area contributed by atoms with Crippen molar-refractivity contribution in [3.8, 4) is 0 Å². The first kappa shape index (κ1) is 12.8. The maximum Gasteiger partial charge on any atom is 0.341 e. The van der Waals surface area contributed by atoms with Crippen LogP contribution in [0.15, 0.2) is 6.20 Å². The molecule has 1 atom stereocenters. The van der Waals surface area contributed by atoms with Gasteiger partial charge >= 0.3 is 5.97 Å². The van der Waals surface area contributed by atoms with Crippen molar-refractivity contribution in [1.29, 1.82) is 0 Å². The van der Waals surface area contributed by atoms with Gasteiger partial charge in [0, 0.05) is 19.3 Å². The Hall–Kier alpha value is -1.69. The molecule has 1 fully saturated rings. The highest BCUT2D eigenvalue weighted by Crippen LogP contribution is 2.13. The fourth-order valence-electron chi connectivity index (χ4n) is 1.87. The van der Waals surface area contributed by atoms with Crippen LogP contribution in [0, 0.1) is 6.92 Å². The van der Waals surface area contributed by atoms with Crippen molar-refractivity contribution in [3.05, 3.63) is 17.5 Å². The minimum atomic E-state index is -0.418. The molecular formula is C12H17N3O3. The number of carbonyl (C=O) groups is 1. The average Bonchev–Trinajstić information content (AvgIpc) is 2.88. The van der Waals surface area contributed by atoms with E-state index in [-0.39, 0.29) is 6.10 Å². The summed E-state index contributed by atoms with van der Waals surface area (Å²) in [6.45, 7) is 3.27. The summed E-state index contributed by atoms with van der Waals surface area (Å²) in [5, 5.41) is 3.11. The number of rotatable bonds is 4. The molecule has 98 valence electrons. The van der Waals surface area contributed by atoms with E-state index < -0.39 is 5.97 Å². The van der Waals surface area contributed by atoms with Crippen LogP contribution in [0.5, 0.6) is 0 Å². The summed E-state index contributed by atoms with van der Waals surface area (Å²) in [4.78, 5) is 19.7. The van der Waals surface area contributed by atoms with Crippen LogP contribution in [-0.2, 0) is 9.47 Å². The molecule has 1 N–H and O–H groups in total. The fraction of sp³-hybridized carbons (Fsp3) is 0.583. The summed E-state index contributed by atoms with van der Waals surface area (Å²) in [6.07, 6.45) is 3.88. The van der Waals surface area contributed by atoms with Crippen LogP contribution in [-0.4, -0.2) is 42.3 Å². The molecule has 1 saturated heterocycles. The van der Waals surface area contributed by atoms with Gasteiger partial charge in [0.2, 0.25) is 5.95 Å². The van der Waals surface area contributed by atoms with Gasteiger partial charge in [-0.25, -0.2) is 14.8 Å². The molecule has 18 heavy (non-hydrogen) atoms. The largest absolute Gasteiger partial charge is 0.465 e. The van der Waals surface area contributed by atoms with Gasteiger partial charge in [-0.15, -0.1) is 0 Å². The standard InChI is InChI=1S/C12H17N3O3/c1-8-10(11(16)17-2)7-14-12(15-8)13-6-9-4-3-5-18-9/h7,9H,3-6H2,1-2H3,(H,13,14,15). The number of methoxy groups -OCH3 is 1. The third-order valence-corrected chi connectivity index (χ3v) is 2.90. The molecule has 0 aromatic carbocycles. The number of carbonyl (C=O) groups excluding carboxylic acids is 1. The topological polar surface area (TPSA) is 73.3 Å². The first-order valence-electron chi connectivity index (χ1n) is 5.98. The van der Waals surface area contributed by atoms with Crippen molar-refractivity contribution >= 4 is 11.9 Å². The van der Waals surface area contributed by atoms with Gasteiger partial charge in [-0.3, -0.25) is 0 Å². The monoisotopic (exact) mass is 251 g/mol. The van der Waals surface area contributed by atoms with Crippen molar-refractivity contribution in [1.82, 2.24) is 9.97 Å². The molecule has 1 aromatic rings. The van der Waals surface area contributed by atoms with Crippen LogP contribution < -0.4 is 5.32 Å². The molecule has 0 spiro atoms. The molecule has 0 aliphatic carbocycles. The Bertz CT molecular complexity index is 431. The molecule has 1 aliphatic heterocycles. The molecule has 1 aromatic heterocycles. The normalized spacial score (nSPS) is 18.7. The molecule has 0 saturated carbocycles. The number of hydrogen-bond acceptors (Lipinski definition) is 6. The molecule has 0 bridgehead atoms. The average molecular weight is 251 g/mol. The van der Waals surface area contributed by atoms with Crippen molar-refractivity contribution in [2.24, 2.45) is 0 Å². The molecule has 2 rings (SSSR count). The van der Waals surface area contributed by atoms with Crippen LogP contribution in [0.2, 0.25) is 0 Å². The van der Waals surface area contributed by atoms with E-state index in [4.69, 9.17) is 4.74 Å². The number of aromatic nitrogens is 2. The second kappa shape index (κ2) is 5.77. The fourth-order valence-corrected chi connectivity index (χ4v) is 1.87. The van der Waals surface area contributed by atoms with Crippen LogP contribution >= 0.6 is 0 Å². The smallest absolute Gasteiger partial charge is 0.341 e. The Morgan fingerprint density at radius 3 is 3.11 bits per heavy atom. The van der Waals surface area contributed by atoms with Gasteiger partial charge in [0.05, 0.1) is 24.5 Å². The van der Waals surface area contributed by atoms with E-state index in [0.29, 0.717) is 23.8 Å². The Balaban J connectivity index is 1.97. The Kier molecular flexibility index (Phi) is 4.09. The van der Waals surface area contributed by atoms with E-state index in [1.165, 1.54) is 13.3 Å². The summed E-state index contributed by atoms with van der Waals surface area (Å²) in [5.74, 6) is 0.0915. The first-order valence-corrected chi connectivity index (χ1v) is 5.98. The van der Waals surface area contributed by atoms with Crippen LogP contribution in [0.4, 0.5) is 5.95 Å². The van der Waals surface area contributed by atoms with Crippen molar-refractivity contribution in [3.63, 3.8) is 0 Å². The van der Waals surface area contributed by atoms with E-state index in [1.54, 1.807) is 6.92 Å². The Labute approximate surface area is 106 Å². The lowest BCUT2D eigenvalue weighted by Gasteiger charge is -2.11. The molecular weight excluding hydrogens is 234 g/mol. The molecule has 0 amide bonds. The highest BCUT2D eigenvalue weighted by molar-refractivity contribution is 5.90. The van der Waals surface area contributed by atoms with Crippen LogP contribution in [0.1, 0.15) is 28.9 Å².